The van der Waals surface area contributed by atoms with Crippen molar-refractivity contribution in [3.8, 4) is 5.75 Å². The normalized spacial score (nSPS) is 15.0. The fraction of sp³-hybridized carbons (Fsp3) is 0.304. The molecule has 29 heavy (non-hydrogen) atoms. The predicted molar refractivity (Wildman–Crippen MR) is 108 cm³/mol. The van der Waals surface area contributed by atoms with Gasteiger partial charge in [-0.15, -0.1) is 0 Å². The minimum absolute atomic E-state index is 0.0958. The summed E-state index contributed by atoms with van der Waals surface area (Å²) in [6, 6.07) is 6.21. The Labute approximate surface area is 167 Å². The molecule has 2 aromatic rings. The molecule has 0 atom stereocenters. The van der Waals surface area contributed by atoms with Crippen molar-refractivity contribution in [1.82, 2.24) is 0 Å². The lowest BCUT2D eigenvalue weighted by molar-refractivity contribution is -0.136. The van der Waals surface area contributed by atoms with Gasteiger partial charge in [0.05, 0.1) is 6.42 Å². The van der Waals surface area contributed by atoms with Gasteiger partial charge < -0.3 is 9.15 Å². The highest BCUT2D eigenvalue weighted by Crippen LogP contribution is 2.37. The van der Waals surface area contributed by atoms with Crippen molar-refractivity contribution in [2.24, 2.45) is 5.41 Å². The highest BCUT2D eigenvalue weighted by Gasteiger charge is 2.36. The van der Waals surface area contributed by atoms with E-state index in [-0.39, 0.29) is 23.7 Å². The molecule has 6 heteroatoms. The Kier molecular flexibility index (Phi) is 5.13. The number of rotatable bonds is 4. The van der Waals surface area contributed by atoms with Gasteiger partial charge in [-0.1, -0.05) is 13.8 Å². The smallest absolute Gasteiger partial charge is 0.336 e. The van der Waals surface area contributed by atoms with E-state index in [0.717, 1.165) is 10.9 Å². The third-order valence-electron chi connectivity index (χ3n) is 5.09. The molecule has 0 spiro atoms. The van der Waals surface area contributed by atoms with Crippen molar-refractivity contribution in [1.29, 1.82) is 0 Å². The Balaban J connectivity index is 1.83. The van der Waals surface area contributed by atoms with E-state index in [1.807, 2.05) is 0 Å². The van der Waals surface area contributed by atoms with Gasteiger partial charge >= 0.3 is 11.6 Å². The maximum atomic E-state index is 12.6. The van der Waals surface area contributed by atoms with Crippen molar-refractivity contribution in [2.75, 3.05) is 0 Å². The number of allylic oxidation sites excluding steroid dienone is 4. The molecule has 1 aromatic heterocycles. The van der Waals surface area contributed by atoms with Crippen LogP contribution in [-0.4, -0.2) is 17.5 Å². The monoisotopic (exact) mass is 394 g/mol. The second-order valence-electron chi connectivity index (χ2n) is 7.96. The molecule has 0 saturated heterocycles. The van der Waals surface area contributed by atoms with Crippen LogP contribution in [0.5, 0.6) is 5.75 Å². The Morgan fingerprint density at radius 3 is 2.45 bits per heavy atom. The number of ether oxygens (including phenoxy) is 1. The van der Waals surface area contributed by atoms with Crippen LogP contribution in [0.2, 0.25) is 0 Å². The number of hydrogen-bond donors (Lipinski definition) is 0. The van der Waals surface area contributed by atoms with Gasteiger partial charge in [0.1, 0.15) is 11.3 Å². The number of hydrogen-bond acceptors (Lipinski definition) is 6. The van der Waals surface area contributed by atoms with Gasteiger partial charge in [0.25, 0.3) is 0 Å². The minimum atomic E-state index is -0.884. The number of carbonyl (C=O) groups is 3. The van der Waals surface area contributed by atoms with Crippen molar-refractivity contribution in [2.45, 2.75) is 41.0 Å². The van der Waals surface area contributed by atoms with Gasteiger partial charge in [0, 0.05) is 39.7 Å². The van der Waals surface area contributed by atoms with Gasteiger partial charge in [0.15, 0.2) is 11.6 Å². The van der Waals surface area contributed by atoms with E-state index >= 15 is 0 Å². The summed E-state index contributed by atoms with van der Waals surface area (Å²) >= 11 is 0. The Bertz CT molecular complexity index is 1170. The third kappa shape index (κ3) is 3.97. The number of Topliss-reactive ketones (excluding diaryl/α,β-unsaturated/α-hetero) is 1. The first-order valence-corrected chi connectivity index (χ1v) is 9.23. The first-order chi connectivity index (χ1) is 13.5. The molecule has 3 rings (SSSR count). The highest BCUT2D eigenvalue weighted by molar-refractivity contribution is 6.22. The second kappa shape index (κ2) is 7.28. The van der Waals surface area contributed by atoms with E-state index in [9.17, 15) is 19.2 Å². The summed E-state index contributed by atoms with van der Waals surface area (Å²) in [6.07, 6.45) is 1.22. The van der Waals surface area contributed by atoms with E-state index in [0.29, 0.717) is 22.3 Å². The van der Waals surface area contributed by atoms with Crippen molar-refractivity contribution < 1.29 is 23.5 Å². The second-order valence-corrected chi connectivity index (χ2v) is 7.96. The van der Waals surface area contributed by atoms with Crippen LogP contribution in [0, 0.1) is 12.3 Å². The van der Waals surface area contributed by atoms with E-state index in [1.54, 1.807) is 46.8 Å². The molecule has 0 aliphatic heterocycles. The average molecular weight is 394 g/mol. The maximum Gasteiger partial charge on any atom is 0.336 e. The standard InChI is InChI=1S/C23H22O6/c1-12-9-19(25)29-18-10-15(6-7-16(12)18)28-20(26)11-23(4,5)21-14(3)22(27)13(2)8-17(21)24/h6-10H,11H2,1-5H3. The van der Waals surface area contributed by atoms with Crippen LogP contribution in [0.25, 0.3) is 11.0 Å². The van der Waals surface area contributed by atoms with E-state index in [1.165, 1.54) is 18.2 Å². The van der Waals surface area contributed by atoms with Crippen LogP contribution >= 0.6 is 0 Å². The van der Waals surface area contributed by atoms with Gasteiger partial charge in [0.2, 0.25) is 0 Å². The number of benzene rings is 1. The topological polar surface area (TPSA) is 90.7 Å². The van der Waals surface area contributed by atoms with Crippen LogP contribution in [0.3, 0.4) is 0 Å². The molecule has 6 nitrogen and oxygen atoms in total. The molecule has 1 aromatic carbocycles. The van der Waals surface area contributed by atoms with Crippen molar-refractivity contribution >= 4 is 28.5 Å². The number of carbonyl (C=O) groups excluding carboxylic acids is 3. The molecule has 0 saturated carbocycles. The molecule has 1 aliphatic carbocycles. The van der Waals surface area contributed by atoms with Crippen molar-refractivity contribution in [3.63, 3.8) is 0 Å². The summed E-state index contributed by atoms with van der Waals surface area (Å²) < 4.78 is 10.6. The Morgan fingerprint density at radius 2 is 1.76 bits per heavy atom. The maximum absolute atomic E-state index is 12.6. The third-order valence-corrected chi connectivity index (χ3v) is 5.09. The van der Waals surface area contributed by atoms with Gasteiger partial charge in [-0.2, -0.15) is 0 Å². The number of fused-ring (bicyclic) bond motifs is 1. The number of esters is 1. The molecule has 0 bridgehead atoms. The summed E-state index contributed by atoms with van der Waals surface area (Å²) in [6.45, 7) is 8.46. The molecule has 0 N–H and O–H groups in total. The van der Waals surface area contributed by atoms with Crippen molar-refractivity contribution in [3.05, 3.63) is 63.0 Å². The number of aryl methyl sites for hydroxylation is 1. The van der Waals surface area contributed by atoms with Crippen LogP contribution in [0.15, 0.2) is 56.3 Å². The van der Waals surface area contributed by atoms with Crippen LogP contribution in [0.4, 0.5) is 0 Å². The zero-order valence-corrected chi connectivity index (χ0v) is 17.0. The first-order valence-electron chi connectivity index (χ1n) is 9.23. The van der Waals surface area contributed by atoms with E-state index in [4.69, 9.17) is 9.15 Å². The zero-order valence-electron chi connectivity index (χ0n) is 17.0. The van der Waals surface area contributed by atoms with Gasteiger partial charge in [-0.25, -0.2) is 4.79 Å². The predicted octanol–water partition coefficient (Wildman–Crippen LogP) is 3.84. The fourth-order valence-electron chi connectivity index (χ4n) is 3.76. The quantitative estimate of drug-likeness (QED) is 0.339. The summed E-state index contributed by atoms with van der Waals surface area (Å²) in [5, 5.41) is 0.749. The Hall–Kier alpha value is -3.28. The molecule has 1 heterocycles. The molecule has 150 valence electrons. The zero-order chi connectivity index (χ0) is 21.5. The van der Waals surface area contributed by atoms with Gasteiger partial charge in [-0.05, 0) is 44.5 Å². The van der Waals surface area contributed by atoms with E-state index in [2.05, 4.69) is 0 Å². The lowest BCUT2D eigenvalue weighted by Gasteiger charge is -2.29. The van der Waals surface area contributed by atoms with Crippen LogP contribution < -0.4 is 10.4 Å². The fourth-order valence-corrected chi connectivity index (χ4v) is 3.76. The molecule has 0 unspecified atom stereocenters. The van der Waals surface area contributed by atoms with Crippen LogP contribution in [-0.2, 0) is 14.4 Å². The molecule has 0 radical (unpaired) electrons. The first kappa shape index (κ1) is 20.5. The summed E-state index contributed by atoms with van der Waals surface area (Å²) in [7, 11) is 0. The lowest BCUT2D eigenvalue weighted by atomic mass is 9.73. The summed E-state index contributed by atoms with van der Waals surface area (Å²) in [5.41, 5.74) is 0.799. The highest BCUT2D eigenvalue weighted by atomic mass is 16.5. The molecular formula is C23H22O6. The number of ketones is 2. The minimum Gasteiger partial charge on any atom is -0.426 e. The van der Waals surface area contributed by atoms with Gasteiger partial charge in [-0.3, -0.25) is 14.4 Å². The SMILES string of the molecule is CC1=CC(=O)C(C(C)(C)CC(=O)Oc2ccc3c(C)cc(=O)oc3c2)=C(C)C1=O. The van der Waals surface area contributed by atoms with E-state index < -0.39 is 17.0 Å². The largest absolute Gasteiger partial charge is 0.426 e. The molecular weight excluding hydrogens is 372 g/mol. The molecule has 1 aliphatic rings. The van der Waals surface area contributed by atoms with Crippen LogP contribution in [0.1, 0.15) is 39.7 Å². The summed E-state index contributed by atoms with van der Waals surface area (Å²) in [4.78, 5) is 48.8. The molecule has 0 fully saturated rings. The Morgan fingerprint density at radius 1 is 1.07 bits per heavy atom. The average Bonchev–Trinajstić information content (AvgIpc) is 2.58. The lowest BCUT2D eigenvalue weighted by Crippen LogP contribution is -2.30. The summed E-state index contributed by atoms with van der Waals surface area (Å²) in [5.74, 6) is -0.781. The molecule has 0 amide bonds.